The molecule has 1 aromatic heterocycles. The van der Waals surface area contributed by atoms with Crippen LogP contribution in [0.1, 0.15) is 11.1 Å². The molecule has 0 bridgehead atoms. The monoisotopic (exact) mass is 369 g/mol. The number of alkyl halides is 3. The van der Waals surface area contributed by atoms with Gasteiger partial charge in [-0.05, 0) is 18.2 Å². The standard InChI is InChI=1S/C17H11ClF3NO3/c18-14-6-5-10(8-22-14)9-24-16(23)12-7-11-3-1-2-4-13(11)25-15(12)17(19,20)21/h1-8,15H,9H2. The third-order valence-corrected chi connectivity index (χ3v) is 3.67. The molecule has 2 heterocycles. The van der Waals surface area contributed by atoms with E-state index in [1.54, 1.807) is 24.3 Å². The third-order valence-electron chi connectivity index (χ3n) is 3.45. The Kier molecular flexibility index (Phi) is 4.67. The van der Waals surface area contributed by atoms with E-state index in [-0.39, 0.29) is 17.5 Å². The predicted molar refractivity (Wildman–Crippen MR) is 83.9 cm³/mol. The Labute approximate surface area is 145 Å². The molecule has 8 heteroatoms. The molecule has 1 aliphatic heterocycles. The van der Waals surface area contributed by atoms with E-state index in [1.165, 1.54) is 18.3 Å². The van der Waals surface area contributed by atoms with Crippen molar-refractivity contribution in [3.05, 3.63) is 64.4 Å². The number of fused-ring (bicyclic) bond motifs is 1. The van der Waals surface area contributed by atoms with Gasteiger partial charge in [-0.1, -0.05) is 35.9 Å². The number of esters is 1. The molecule has 0 saturated carbocycles. The van der Waals surface area contributed by atoms with Gasteiger partial charge in [-0.2, -0.15) is 13.2 Å². The Morgan fingerprint density at radius 1 is 1.24 bits per heavy atom. The molecule has 0 saturated heterocycles. The summed E-state index contributed by atoms with van der Waals surface area (Å²) in [6, 6.07) is 9.20. The normalized spacial score (nSPS) is 16.5. The van der Waals surface area contributed by atoms with Gasteiger partial charge in [-0.15, -0.1) is 0 Å². The number of benzene rings is 1. The summed E-state index contributed by atoms with van der Waals surface area (Å²) in [4.78, 5) is 16.0. The Hall–Kier alpha value is -2.54. The molecule has 0 radical (unpaired) electrons. The second-order valence-electron chi connectivity index (χ2n) is 5.24. The second kappa shape index (κ2) is 6.76. The highest BCUT2D eigenvalue weighted by atomic mass is 35.5. The molecule has 0 amide bonds. The Bertz CT molecular complexity index is 819. The summed E-state index contributed by atoms with van der Waals surface area (Å²) in [6.45, 7) is -0.230. The van der Waals surface area contributed by atoms with Gasteiger partial charge >= 0.3 is 12.1 Å². The van der Waals surface area contributed by atoms with E-state index in [0.717, 1.165) is 6.08 Å². The fourth-order valence-electron chi connectivity index (χ4n) is 2.27. The van der Waals surface area contributed by atoms with Crippen molar-refractivity contribution in [2.75, 3.05) is 0 Å². The molecule has 1 atom stereocenters. The zero-order valence-electron chi connectivity index (χ0n) is 12.6. The molecule has 0 N–H and O–H groups in total. The van der Waals surface area contributed by atoms with Gasteiger partial charge in [-0.3, -0.25) is 0 Å². The number of ether oxygens (including phenoxy) is 2. The largest absolute Gasteiger partial charge is 0.475 e. The first kappa shape index (κ1) is 17.3. The van der Waals surface area contributed by atoms with Crippen LogP contribution in [0.25, 0.3) is 6.08 Å². The number of para-hydroxylation sites is 1. The summed E-state index contributed by atoms with van der Waals surface area (Å²) in [5, 5.41) is 0.257. The van der Waals surface area contributed by atoms with Crippen molar-refractivity contribution in [3.63, 3.8) is 0 Å². The van der Waals surface area contributed by atoms with Gasteiger partial charge in [-0.25, -0.2) is 9.78 Å². The number of halogens is 4. The highest BCUT2D eigenvalue weighted by Crippen LogP contribution is 2.37. The molecule has 3 rings (SSSR count). The van der Waals surface area contributed by atoms with Crippen molar-refractivity contribution >= 4 is 23.6 Å². The Morgan fingerprint density at radius 2 is 2.00 bits per heavy atom. The van der Waals surface area contributed by atoms with Crippen LogP contribution in [-0.2, 0) is 16.1 Å². The van der Waals surface area contributed by atoms with Gasteiger partial charge in [0.05, 0.1) is 5.57 Å². The minimum Gasteiger partial charge on any atom is -0.475 e. The first-order chi connectivity index (χ1) is 11.8. The van der Waals surface area contributed by atoms with Crippen molar-refractivity contribution in [1.29, 1.82) is 0 Å². The molecule has 4 nitrogen and oxygen atoms in total. The van der Waals surface area contributed by atoms with Crippen LogP contribution in [0.4, 0.5) is 13.2 Å². The molecule has 130 valence electrons. The summed E-state index contributed by atoms with van der Waals surface area (Å²) in [6.07, 6.45) is -4.62. The molecular weight excluding hydrogens is 359 g/mol. The molecule has 2 aromatic rings. The van der Waals surface area contributed by atoms with Gasteiger partial charge in [0.25, 0.3) is 0 Å². The number of nitrogens with zero attached hydrogens (tertiary/aromatic N) is 1. The molecule has 0 aliphatic carbocycles. The maximum absolute atomic E-state index is 13.3. The molecule has 0 spiro atoms. The van der Waals surface area contributed by atoms with E-state index >= 15 is 0 Å². The summed E-state index contributed by atoms with van der Waals surface area (Å²) in [7, 11) is 0. The minimum atomic E-state index is -4.75. The predicted octanol–water partition coefficient (Wildman–Crippen LogP) is 4.19. The van der Waals surface area contributed by atoms with Crippen LogP contribution < -0.4 is 4.74 Å². The molecule has 1 aliphatic rings. The van der Waals surface area contributed by atoms with Gasteiger partial charge in [0.1, 0.15) is 17.5 Å². The lowest BCUT2D eigenvalue weighted by molar-refractivity contribution is -0.188. The average Bonchev–Trinajstić information content (AvgIpc) is 2.59. The Morgan fingerprint density at radius 3 is 2.68 bits per heavy atom. The summed E-state index contributed by atoms with van der Waals surface area (Å²) >= 11 is 5.64. The van der Waals surface area contributed by atoms with Crippen molar-refractivity contribution in [3.8, 4) is 5.75 Å². The summed E-state index contributed by atoms with van der Waals surface area (Å²) < 4.78 is 49.7. The van der Waals surface area contributed by atoms with Crippen LogP contribution >= 0.6 is 11.6 Å². The number of rotatable bonds is 3. The van der Waals surface area contributed by atoms with Gasteiger partial charge in [0.2, 0.25) is 6.10 Å². The van der Waals surface area contributed by atoms with Crippen LogP contribution in [0.2, 0.25) is 5.15 Å². The molecule has 1 aromatic carbocycles. The van der Waals surface area contributed by atoms with Crippen LogP contribution in [0, 0.1) is 0 Å². The molecule has 1 unspecified atom stereocenters. The SMILES string of the molecule is O=C(OCc1ccc(Cl)nc1)C1=Cc2ccccc2OC1C(F)(F)F. The average molecular weight is 370 g/mol. The second-order valence-corrected chi connectivity index (χ2v) is 5.63. The van der Waals surface area contributed by atoms with Crippen molar-refractivity contribution < 1.29 is 27.4 Å². The number of hydrogen-bond acceptors (Lipinski definition) is 4. The van der Waals surface area contributed by atoms with Crippen molar-refractivity contribution in [2.45, 2.75) is 18.9 Å². The minimum absolute atomic E-state index is 0.0586. The molecule has 0 fully saturated rings. The molecular formula is C17H11ClF3NO3. The lowest BCUT2D eigenvalue weighted by Gasteiger charge is -2.27. The van der Waals surface area contributed by atoms with E-state index in [0.29, 0.717) is 11.1 Å². The zero-order valence-corrected chi connectivity index (χ0v) is 13.3. The summed E-state index contributed by atoms with van der Waals surface area (Å²) in [5.41, 5.74) is 0.273. The van der Waals surface area contributed by atoms with Crippen molar-refractivity contribution in [1.82, 2.24) is 4.98 Å². The summed E-state index contributed by atoms with van der Waals surface area (Å²) in [5.74, 6) is -1.05. The van der Waals surface area contributed by atoms with E-state index in [2.05, 4.69) is 4.98 Å². The fraction of sp³-hybridized carbons (Fsp3) is 0.176. The number of aromatic nitrogens is 1. The topological polar surface area (TPSA) is 48.4 Å². The number of hydrogen-bond donors (Lipinski definition) is 0. The first-order valence-electron chi connectivity index (χ1n) is 7.16. The fourth-order valence-corrected chi connectivity index (χ4v) is 2.39. The highest BCUT2D eigenvalue weighted by molar-refractivity contribution is 6.29. The smallest absolute Gasteiger partial charge is 0.430 e. The van der Waals surface area contributed by atoms with E-state index in [1.807, 2.05) is 0 Å². The van der Waals surface area contributed by atoms with E-state index in [9.17, 15) is 18.0 Å². The van der Waals surface area contributed by atoms with E-state index < -0.39 is 23.8 Å². The van der Waals surface area contributed by atoms with Crippen LogP contribution in [0.5, 0.6) is 5.75 Å². The van der Waals surface area contributed by atoms with Gasteiger partial charge in [0.15, 0.2) is 0 Å². The van der Waals surface area contributed by atoms with Crippen LogP contribution in [0.3, 0.4) is 0 Å². The van der Waals surface area contributed by atoms with Crippen LogP contribution in [0.15, 0.2) is 48.2 Å². The van der Waals surface area contributed by atoms with Crippen LogP contribution in [-0.4, -0.2) is 23.2 Å². The number of carbonyl (C=O) groups is 1. The van der Waals surface area contributed by atoms with Crippen molar-refractivity contribution in [2.24, 2.45) is 0 Å². The number of carbonyl (C=O) groups excluding carboxylic acids is 1. The lowest BCUT2D eigenvalue weighted by Crippen LogP contribution is -2.40. The number of pyridine rings is 1. The maximum atomic E-state index is 13.3. The Balaban J connectivity index is 1.82. The maximum Gasteiger partial charge on any atom is 0.430 e. The van der Waals surface area contributed by atoms with Gasteiger partial charge in [0, 0.05) is 17.3 Å². The quantitative estimate of drug-likeness (QED) is 0.601. The van der Waals surface area contributed by atoms with E-state index in [4.69, 9.17) is 21.1 Å². The zero-order chi connectivity index (χ0) is 18.0. The highest BCUT2D eigenvalue weighted by Gasteiger charge is 2.48. The molecule has 25 heavy (non-hydrogen) atoms. The first-order valence-corrected chi connectivity index (χ1v) is 7.54. The lowest BCUT2D eigenvalue weighted by atomic mass is 10.0. The third kappa shape index (κ3) is 3.93. The van der Waals surface area contributed by atoms with Gasteiger partial charge < -0.3 is 9.47 Å².